The molecule has 0 aliphatic rings. The summed E-state index contributed by atoms with van der Waals surface area (Å²) in [6, 6.07) is 35.9. The van der Waals surface area contributed by atoms with E-state index in [1.807, 2.05) is 0 Å². The van der Waals surface area contributed by atoms with Crippen LogP contribution in [0.1, 0.15) is 214 Å². The topological polar surface area (TPSA) is 173 Å². The van der Waals surface area contributed by atoms with Crippen LogP contribution in [0.3, 0.4) is 0 Å². The van der Waals surface area contributed by atoms with E-state index in [-0.39, 0.29) is 60.1 Å². The molecule has 0 aliphatic heterocycles. The average molecular weight is 1240 g/mol. The van der Waals surface area contributed by atoms with Crippen molar-refractivity contribution >= 4 is 69.8 Å². The van der Waals surface area contributed by atoms with Crippen molar-refractivity contribution < 1.29 is 47.6 Å². The van der Waals surface area contributed by atoms with Gasteiger partial charge in [0, 0.05) is 35.0 Å². The van der Waals surface area contributed by atoms with Gasteiger partial charge in [0.25, 0.3) is 0 Å². The van der Waals surface area contributed by atoms with Crippen molar-refractivity contribution in [3.05, 3.63) is 155 Å². The highest BCUT2D eigenvalue weighted by Gasteiger charge is 2.18. The summed E-state index contributed by atoms with van der Waals surface area (Å²) in [4.78, 5) is 53.5. The van der Waals surface area contributed by atoms with E-state index >= 15 is 0 Å². The molecule has 0 unspecified atom stereocenters. The molecule has 470 valence electrons. The molecule has 0 bridgehead atoms. The summed E-state index contributed by atoms with van der Waals surface area (Å²) in [5, 5.41) is 18.3. The standard InChI is InChI=1S/C72H88Cl2N4O10/c1-3-5-7-9-11-13-15-17-19-21-23-27-51-83-61-43-31-55(32-44-61)71(81)85-63-47-49-65(77-75-59-39-35-57(73)36-40-59)67(53-63)87-69(79)29-25-26-30-70(80)88-68-54-64(48-50-66(68)78-76-60-41-37-58(74)38-42-60)86-72(82)56-33-45-62(46-34-56)84-52-28-24-22-20-18-16-14-12-10-8-6-4-2/h31-50,53-54H,3-30,51-52H2,1-2H3. The molecule has 6 aromatic rings. The van der Waals surface area contributed by atoms with Gasteiger partial charge in [0.1, 0.15) is 34.4 Å². The summed E-state index contributed by atoms with van der Waals surface area (Å²) in [5.74, 6) is -0.953. The number of hydrogen-bond acceptors (Lipinski definition) is 14. The molecule has 0 amide bonds. The fourth-order valence-electron chi connectivity index (χ4n) is 9.54. The normalized spacial score (nSPS) is 11.3. The number of halogens is 2. The van der Waals surface area contributed by atoms with E-state index in [9.17, 15) is 19.2 Å². The second-order valence-electron chi connectivity index (χ2n) is 22.1. The van der Waals surface area contributed by atoms with Crippen LogP contribution in [0.5, 0.6) is 34.5 Å². The first kappa shape index (κ1) is 69.7. The van der Waals surface area contributed by atoms with Crippen LogP contribution in [0.25, 0.3) is 0 Å². The van der Waals surface area contributed by atoms with Crippen LogP contribution in [0.2, 0.25) is 10.0 Å². The van der Waals surface area contributed by atoms with Gasteiger partial charge in [-0.3, -0.25) is 9.59 Å². The third-order valence-electron chi connectivity index (χ3n) is 14.7. The zero-order valence-corrected chi connectivity index (χ0v) is 53.1. The molecule has 0 aromatic heterocycles. The van der Waals surface area contributed by atoms with E-state index in [0.29, 0.717) is 57.3 Å². The lowest BCUT2D eigenvalue weighted by atomic mass is 10.1. The second-order valence-corrected chi connectivity index (χ2v) is 22.9. The summed E-state index contributed by atoms with van der Waals surface area (Å²) < 4.78 is 35.0. The monoisotopic (exact) mass is 1240 g/mol. The van der Waals surface area contributed by atoms with Gasteiger partial charge in [0.15, 0.2) is 11.5 Å². The Bertz CT molecular complexity index is 2860. The van der Waals surface area contributed by atoms with Crippen LogP contribution >= 0.6 is 23.2 Å². The lowest BCUT2D eigenvalue weighted by Crippen LogP contribution is -2.11. The molecular formula is C72H88Cl2N4O10. The van der Waals surface area contributed by atoms with Crippen LogP contribution in [0, 0.1) is 0 Å². The molecule has 0 saturated carbocycles. The summed E-state index contributed by atoms with van der Waals surface area (Å²) in [6.45, 7) is 5.70. The predicted octanol–water partition coefficient (Wildman–Crippen LogP) is 22.5. The molecule has 0 heterocycles. The number of rotatable bonds is 43. The second kappa shape index (κ2) is 41.7. The van der Waals surface area contributed by atoms with Gasteiger partial charge in [0.05, 0.1) is 35.7 Å². The maximum Gasteiger partial charge on any atom is 0.343 e. The molecule has 88 heavy (non-hydrogen) atoms. The molecule has 16 heteroatoms. The average Bonchev–Trinajstić information content (AvgIpc) is 3.54. The Kier molecular flexibility index (Phi) is 33.0. The number of unbranched alkanes of at least 4 members (excludes halogenated alkanes) is 23. The SMILES string of the molecule is CCCCCCCCCCCCCCOc1ccc(C(=O)Oc2ccc(N=Nc3ccc(Cl)cc3)c(OC(=O)CCCCC(=O)Oc3cc(OC(=O)c4ccc(OCCCCCCCCCCCCCC)cc4)ccc3N=Nc3ccc(Cl)cc3)c2)cc1. The Hall–Kier alpha value is -7.42. The smallest absolute Gasteiger partial charge is 0.343 e. The number of ether oxygens (including phenoxy) is 6. The third-order valence-corrected chi connectivity index (χ3v) is 15.2. The molecule has 0 aliphatic carbocycles. The zero-order valence-electron chi connectivity index (χ0n) is 51.5. The molecule has 6 rings (SSSR count). The van der Waals surface area contributed by atoms with Crippen LogP contribution < -0.4 is 28.4 Å². The highest BCUT2D eigenvalue weighted by atomic mass is 35.5. The molecule has 0 radical (unpaired) electrons. The van der Waals surface area contributed by atoms with Crippen LogP contribution in [-0.4, -0.2) is 37.1 Å². The maximum absolute atomic E-state index is 13.4. The van der Waals surface area contributed by atoms with Gasteiger partial charge >= 0.3 is 23.9 Å². The minimum atomic E-state index is -0.629. The van der Waals surface area contributed by atoms with Crippen molar-refractivity contribution in [3.63, 3.8) is 0 Å². The summed E-state index contributed by atoms with van der Waals surface area (Å²) in [7, 11) is 0. The van der Waals surface area contributed by atoms with E-state index in [1.54, 1.807) is 97.1 Å². The van der Waals surface area contributed by atoms with Gasteiger partial charge in [-0.05, 0) is 147 Å². The Morgan fingerprint density at radius 3 is 0.966 bits per heavy atom. The molecule has 6 aromatic carbocycles. The van der Waals surface area contributed by atoms with Crippen molar-refractivity contribution in [2.24, 2.45) is 20.5 Å². The van der Waals surface area contributed by atoms with E-state index in [4.69, 9.17) is 51.6 Å². The summed E-state index contributed by atoms with van der Waals surface area (Å²) in [5.41, 5.74) is 2.00. The zero-order chi connectivity index (χ0) is 62.2. The highest BCUT2D eigenvalue weighted by Crippen LogP contribution is 2.36. The molecule has 14 nitrogen and oxygen atoms in total. The Morgan fingerprint density at radius 2 is 0.636 bits per heavy atom. The van der Waals surface area contributed by atoms with E-state index in [0.717, 1.165) is 25.7 Å². The molecule has 0 atom stereocenters. The predicted molar refractivity (Wildman–Crippen MR) is 350 cm³/mol. The molecule has 0 spiro atoms. The maximum atomic E-state index is 13.4. The largest absolute Gasteiger partial charge is 0.494 e. The quantitative estimate of drug-likeness (QED) is 0.0155. The van der Waals surface area contributed by atoms with Crippen molar-refractivity contribution in [2.45, 2.75) is 194 Å². The number of esters is 4. The molecule has 0 fully saturated rings. The molecular weight excluding hydrogens is 1150 g/mol. The van der Waals surface area contributed by atoms with Crippen molar-refractivity contribution in [1.29, 1.82) is 0 Å². The number of azo groups is 2. The van der Waals surface area contributed by atoms with Crippen LogP contribution in [-0.2, 0) is 9.59 Å². The van der Waals surface area contributed by atoms with Gasteiger partial charge < -0.3 is 28.4 Å². The van der Waals surface area contributed by atoms with Crippen LogP contribution in [0.15, 0.2) is 154 Å². The molecule has 0 N–H and O–H groups in total. The summed E-state index contributed by atoms with van der Waals surface area (Å²) in [6.07, 6.45) is 30.7. The van der Waals surface area contributed by atoms with Crippen LogP contribution in [0.4, 0.5) is 22.7 Å². The third kappa shape index (κ3) is 28.2. The van der Waals surface area contributed by atoms with Gasteiger partial charge in [-0.2, -0.15) is 10.2 Å². The lowest BCUT2D eigenvalue weighted by molar-refractivity contribution is -0.136. The first-order valence-corrected chi connectivity index (χ1v) is 32.7. The first-order valence-electron chi connectivity index (χ1n) is 32.0. The van der Waals surface area contributed by atoms with E-state index in [2.05, 4.69) is 34.3 Å². The van der Waals surface area contributed by atoms with Gasteiger partial charge in [-0.1, -0.05) is 178 Å². The lowest BCUT2D eigenvalue weighted by Gasteiger charge is -2.11. The minimum Gasteiger partial charge on any atom is -0.494 e. The van der Waals surface area contributed by atoms with Gasteiger partial charge in [-0.15, -0.1) is 10.2 Å². The van der Waals surface area contributed by atoms with Crippen molar-refractivity contribution in [3.8, 4) is 34.5 Å². The van der Waals surface area contributed by atoms with Crippen molar-refractivity contribution in [2.75, 3.05) is 13.2 Å². The Balaban J connectivity index is 0.976. The van der Waals surface area contributed by atoms with Gasteiger partial charge in [0.2, 0.25) is 0 Å². The highest BCUT2D eigenvalue weighted by molar-refractivity contribution is 6.30. The fourth-order valence-corrected chi connectivity index (χ4v) is 9.79. The summed E-state index contributed by atoms with van der Waals surface area (Å²) >= 11 is 12.1. The number of carbonyl (C=O) groups is 4. The minimum absolute atomic E-state index is 0.00102. The van der Waals surface area contributed by atoms with E-state index < -0.39 is 23.9 Å². The van der Waals surface area contributed by atoms with E-state index in [1.165, 1.54) is 165 Å². The Labute approximate surface area is 531 Å². The number of hydrogen-bond donors (Lipinski definition) is 0. The first-order chi connectivity index (χ1) is 43.0. The fraction of sp³-hybridized carbons (Fsp3) is 0.444. The number of nitrogens with zero attached hydrogens (tertiary/aromatic N) is 4. The number of benzene rings is 6. The Morgan fingerprint density at radius 1 is 0.330 bits per heavy atom. The molecule has 0 saturated heterocycles. The van der Waals surface area contributed by atoms with Crippen molar-refractivity contribution in [1.82, 2.24) is 0 Å². The van der Waals surface area contributed by atoms with Gasteiger partial charge in [-0.25, -0.2) is 9.59 Å². The number of carbonyl (C=O) groups excluding carboxylic acids is 4.